The zero-order valence-corrected chi connectivity index (χ0v) is 15.8. The highest BCUT2D eigenvalue weighted by atomic mass is 16.5. The van der Waals surface area contributed by atoms with Crippen LogP contribution in [-0.2, 0) is 4.74 Å². The standard InChI is InChI=1S/C20H23N7O/c1-2-28-15-5-3-14(4-6-15)25-19-23-11-17-16(10-22-18(17)26-19)13-9-24-20-21-7-8-27(20)12-13/h7-12,14-15H,2-6H2,1H3,(H2,22,23,25,26). The molecule has 0 radical (unpaired) electrons. The van der Waals surface area contributed by atoms with Crippen molar-refractivity contribution in [3.05, 3.63) is 37.2 Å². The molecule has 8 nitrogen and oxygen atoms in total. The molecule has 0 amide bonds. The average molecular weight is 377 g/mol. The molecule has 0 aromatic carbocycles. The van der Waals surface area contributed by atoms with E-state index in [2.05, 4.69) is 37.2 Å². The van der Waals surface area contributed by atoms with Gasteiger partial charge in [-0.05, 0) is 32.6 Å². The molecular weight excluding hydrogens is 354 g/mol. The third-order valence-corrected chi connectivity index (χ3v) is 5.40. The Morgan fingerprint density at radius 2 is 2.07 bits per heavy atom. The van der Waals surface area contributed by atoms with Gasteiger partial charge in [-0.2, -0.15) is 4.98 Å². The fourth-order valence-electron chi connectivity index (χ4n) is 3.96. The van der Waals surface area contributed by atoms with Crippen molar-refractivity contribution in [2.75, 3.05) is 11.9 Å². The largest absolute Gasteiger partial charge is 0.379 e. The van der Waals surface area contributed by atoms with Crippen LogP contribution in [0.15, 0.2) is 37.2 Å². The van der Waals surface area contributed by atoms with E-state index in [0.29, 0.717) is 23.9 Å². The van der Waals surface area contributed by atoms with E-state index in [0.717, 1.165) is 54.5 Å². The van der Waals surface area contributed by atoms with Crippen LogP contribution < -0.4 is 5.32 Å². The van der Waals surface area contributed by atoms with Gasteiger partial charge in [-0.15, -0.1) is 0 Å². The number of nitrogens with one attached hydrogen (secondary N) is 2. The molecule has 4 aromatic rings. The van der Waals surface area contributed by atoms with Gasteiger partial charge in [0.1, 0.15) is 5.65 Å². The summed E-state index contributed by atoms with van der Waals surface area (Å²) in [5.41, 5.74) is 2.85. The van der Waals surface area contributed by atoms with Crippen molar-refractivity contribution in [2.24, 2.45) is 0 Å². The molecule has 0 atom stereocenters. The number of hydrogen-bond donors (Lipinski definition) is 2. The highest BCUT2D eigenvalue weighted by Gasteiger charge is 2.22. The highest BCUT2D eigenvalue weighted by molar-refractivity contribution is 5.93. The minimum Gasteiger partial charge on any atom is -0.379 e. The van der Waals surface area contributed by atoms with Gasteiger partial charge in [-0.25, -0.2) is 15.0 Å². The van der Waals surface area contributed by atoms with E-state index in [9.17, 15) is 0 Å². The number of nitrogens with zero attached hydrogens (tertiary/aromatic N) is 5. The van der Waals surface area contributed by atoms with E-state index < -0.39 is 0 Å². The van der Waals surface area contributed by atoms with Crippen molar-refractivity contribution < 1.29 is 4.74 Å². The van der Waals surface area contributed by atoms with Gasteiger partial charge in [0.25, 0.3) is 0 Å². The van der Waals surface area contributed by atoms with Gasteiger partial charge in [-0.1, -0.05) is 0 Å². The lowest BCUT2D eigenvalue weighted by molar-refractivity contribution is 0.0346. The van der Waals surface area contributed by atoms with Gasteiger partial charge in [0.05, 0.1) is 6.10 Å². The SMILES string of the molecule is CCOC1CCC(Nc2ncc3c(-c4cnc5nccn5c4)c[nH]c3n2)CC1. The van der Waals surface area contributed by atoms with Crippen molar-refractivity contribution in [1.29, 1.82) is 0 Å². The summed E-state index contributed by atoms with van der Waals surface area (Å²) in [5, 5.41) is 4.46. The van der Waals surface area contributed by atoms with Gasteiger partial charge in [0, 0.05) is 66.3 Å². The summed E-state index contributed by atoms with van der Waals surface area (Å²) in [4.78, 5) is 21.1. The number of aromatic nitrogens is 6. The molecule has 0 unspecified atom stereocenters. The molecule has 28 heavy (non-hydrogen) atoms. The maximum atomic E-state index is 5.73. The first-order chi connectivity index (χ1) is 13.8. The number of rotatable bonds is 5. The van der Waals surface area contributed by atoms with Gasteiger partial charge < -0.3 is 15.0 Å². The van der Waals surface area contributed by atoms with Gasteiger partial charge in [0.15, 0.2) is 0 Å². The summed E-state index contributed by atoms with van der Waals surface area (Å²) >= 11 is 0. The molecule has 1 fully saturated rings. The monoisotopic (exact) mass is 377 g/mol. The van der Waals surface area contributed by atoms with Crippen molar-refractivity contribution in [2.45, 2.75) is 44.8 Å². The molecule has 1 aliphatic carbocycles. The van der Waals surface area contributed by atoms with Crippen LogP contribution in [0.2, 0.25) is 0 Å². The average Bonchev–Trinajstić information content (AvgIpc) is 3.35. The Bertz CT molecular complexity index is 1090. The zero-order valence-electron chi connectivity index (χ0n) is 15.8. The maximum Gasteiger partial charge on any atom is 0.233 e. The Kier molecular flexibility index (Phi) is 4.40. The van der Waals surface area contributed by atoms with E-state index in [4.69, 9.17) is 4.74 Å². The summed E-state index contributed by atoms with van der Waals surface area (Å²) in [6, 6.07) is 0.399. The van der Waals surface area contributed by atoms with Gasteiger partial charge in [-0.3, -0.25) is 4.40 Å². The summed E-state index contributed by atoms with van der Waals surface area (Å²) < 4.78 is 7.64. The Hall–Kier alpha value is -3.00. The van der Waals surface area contributed by atoms with Gasteiger partial charge >= 0.3 is 0 Å². The lowest BCUT2D eigenvalue weighted by atomic mass is 9.93. The van der Waals surface area contributed by atoms with E-state index in [1.165, 1.54) is 0 Å². The molecule has 4 aromatic heterocycles. The molecule has 8 heteroatoms. The molecule has 1 aliphatic rings. The second kappa shape index (κ2) is 7.20. The van der Waals surface area contributed by atoms with E-state index >= 15 is 0 Å². The number of hydrogen-bond acceptors (Lipinski definition) is 6. The number of imidazole rings is 1. The molecule has 0 bridgehead atoms. The van der Waals surface area contributed by atoms with Crippen LogP contribution in [-0.4, -0.2) is 48.1 Å². The number of aromatic amines is 1. The smallest absolute Gasteiger partial charge is 0.233 e. The Labute approximate surface area is 162 Å². The molecule has 0 spiro atoms. The zero-order chi connectivity index (χ0) is 18.9. The lowest BCUT2D eigenvalue weighted by Gasteiger charge is -2.28. The highest BCUT2D eigenvalue weighted by Crippen LogP contribution is 2.28. The first kappa shape index (κ1) is 17.1. The normalized spacial score (nSPS) is 20.0. The van der Waals surface area contributed by atoms with Crippen molar-refractivity contribution in [3.8, 4) is 11.1 Å². The maximum absolute atomic E-state index is 5.73. The number of fused-ring (bicyclic) bond motifs is 2. The fraction of sp³-hybridized carbons (Fsp3) is 0.400. The lowest BCUT2D eigenvalue weighted by Crippen LogP contribution is -2.30. The molecular formula is C20H23N7O. The second-order valence-electron chi connectivity index (χ2n) is 7.21. The fourth-order valence-corrected chi connectivity index (χ4v) is 3.96. The third-order valence-electron chi connectivity index (χ3n) is 5.40. The number of ether oxygens (including phenoxy) is 1. The van der Waals surface area contributed by atoms with Crippen LogP contribution in [0.5, 0.6) is 0 Å². The summed E-state index contributed by atoms with van der Waals surface area (Å²) in [6.07, 6.45) is 16.0. The molecule has 1 saturated carbocycles. The van der Waals surface area contributed by atoms with Crippen LogP contribution >= 0.6 is 0 Å². The van der Waals surface area contributed by atoms with Crippen LogP contribution in [0.25, 0.3) is 27.9 Å². The second-order valence-corrected chi connectivity index (χ2v) is 7.21. The Morgan fingerprint density at radius 3 is 2.93 bits per heavy atom. The number of H-pyrrole nitrogens is 1. The predicted octanol–water partition coefficient (Wildman–Crippen LogP) is 3.43. The van der Waals surface area contributed by atoms with Crippen LogP contribution in [0.3, 0.4) is 0 Å². The molecule has 0 aliphatic heterocycles. The van der Waals surface area contributed by atoms with Crippen molar-refractivity contribution in [3.63, 3.8) is 0 Å². The molecule has 144 valence electrons. The summed E-state index contributed by atoms with van der Waals surface area (Å²) in [7, 11) is 0. The minimum atomic E-state index is 0.399. The first-order valence-electron chi connectivity index (χ1n) is 9.81. The minimum absolute atomic E-state index is 0.399. The van der Waals surface area contributed by atoms with Gasteiger partial charge in [0.2, 0.25) is 11.7 Å². The van der Waals surface area contributed by atoms with Crippen molar-refractivity contribution >= 4 is 22.8 Å². The van der Waals surface area contributed by atoms with Crippen LogP contribution in [0.4, 0.5) is 5.95 Å². The Morgan fingerprint density at radius 1 is 1.18 bits per heavy atom. The molecule has 0 saturated heterocycles. The third kappa shape index (κ3) is 3.20. The predicted molar refractivity (Wildman–Crippen MR) is 107 cm³/mol. The number of anilines is 1. The van der Waals surface area contributed by atoms with E-state index in [-0.39, 0.29) is 0 Å². The first-order valence-corrected chi connectivity index (χ1v) is 9.81. The van der Waals surface area contributed by atoms with E-state index in [1.54, 1.807) is 6.20 Å². The Balaban J connectivity index is 1.35. The summed E-state index contributed by atoms with van der Waals surface area (Å²) in [6.45, 7) is 2.85. The molecule has 2 N–H and O–H groups in total. The quantitative estimate of drug-likeness (QED) is 0.553. The van der Waals surface area contributed by atoms with Crippen LogP contribution in [0.1, 0.15) is 32.6 Å². The topological polar surface area (TPSA) is 93.0 Å². The molecule has 5 rings (SSSR count). The molecule has 4 heterocycles. The van der Waals surface area contributed by atoms with E-state index in [1.807, 2.05) is 35.4 Å². The van der Waals surface area contributed by atoms with Crippen molar-refractivity contribution in [1.82, 2.24) is 29.3 Å². The van der Waals surface area contributed by atoms with Crippen LogP contribution in [0, 0.1) is 0 Å². The summed E-state index contributed by atoms with van der Waals surface area (Å²) in [5.74, 6) is 1.36.